The van der Waals surface area contributed by atoms with Gasteiger partial charge in [-0.25, -0.2) is 0 Å². The Hall–Kier alpha value is -2.48. The van der Waals surface area contributed by atoms with Gasteiger partial charge in [-0.05, 0) is 68.1 Å². The maximum absolute atomic E-state index is 12.5. The molecule has 3 aromatic heterocycles. The van der Waals surface area contributed by atoms with Crippen LogP contribution in [0.25, 0.3) is 0 Å². The van der Waals surface area contributed by atoms with E-state index in [1.54, 1.807) is 0 Å². The molecule has 0 radical (unpaired) electrons. The maximum atomic E-state index is 12.5. The second kappa shape index (κ2) is 16.6. The molecule has 4 N–H and O–H groups in total. The van der Waals surface area contributed by atoms with E-state index in [0.717, 1.165) is 18.4 Å². The van der Waals surface area contributed by atoms with Gasteiger partial charge in [0.1, 0.15) is 36.8 Å². The standard InChI is InChI=1S/C18H33BrO4Si2.C6H5BrO4.C6H6O4/c1-17(2,3)24(7,8)21-12-13-11-14(20)15(16(19)22-13)23-25(9,10)18(4,5)6;7-6-5(10)4(9)1-3(2-8)11-6;7-2-4-1-5(8)6(9)3-10-4/h11H,12H2,1-10H3;1,8,10H,2H2;1,3,7,9H,2H2. The first-order chi connectivity index (χ1) is 20.9. The van der Waals surface area contributed by atoms with Crippen molar-refractivity contribution in [2.45, 2.75) is 97.6 Å². The predicted octanol–water partition coefficient (Wildman–Crippen LogP) is 6.75. The van der Waals surface area contributed by atoms with Crippen LogP contribution in [0.2, 0.25) is 36.3 Å². The predicted molar refractivity (Wildman–Crippen MR) is 185 cm³/mol. The zero-order chi connectivity index (χ0) is 35.8. The van der Waals surface area contributed by atoms with Crippen molar-refractivity contribution in [3.8, 4) is 17.2 Å². The first-order valence-corrected chi connectivity index (χ1v) is 21.5. The van der Waals surface area contributed by atoms with Crippen molar-refractivity contribution in [1.82, 2.24) is 0 Å². The molecule has 12 nitrogen and oxygen atoms in total. The van der Waals surface area contributed by atoms with Crippen LogP contribution in [0, 0.1) is 0 Å². The summed E-state index contributed by atoms with van der Waals surface area (Å²) in [6.45, 7) is 21.1. The van der Waals surface area contributed by atoms with Crippen molar-refractivity contribution in [1.29, 1.82) is 0 Å². The van der Waals surface area contributed by atoms with Crippen LogP contribution in [0.5, 0.6) is 17.2 Å². The molecular formula is C30H44Br2O12Si2. The second-order valence-electron chi connectivity index (χ2n) is 13.2. The number of aliphatic hydroxyl groups excluding tert-OH is 2. The fourth-order valence-corrected chi connectivity index (χ4v) is 5.63. The second-order valence-corrected chi connectivity index (χ2v) is 24.2. The van der Waals surface area contributed by atoms with E-state index in [-0.39, 0.29) is 50.7 Å². The molecule has 0 aromatic carbocycles. The number of halogens is 2. The van der Waals surface area contributed by atoms with Gasteiger partial charge in [0.25, 0.3) is 8.32 Å². The molecule has 0 spiro atoms. The molecule has 0 bridgehead atoms. The van der Waals surface area contributed by atoms with Crippen molar-refractivity contribution in [3.05, 3.63) is 81.8 Å². The minimum absolute atomic E-state index is 0.00297. The Morgan fingerprint density at radius 2 is 1.20 bits per heavy atom. The highest BCUT2D eigenvalue weighted by molar-refractivity contribution is 9.10. The summed E-state index contributed by atoms with van der Waals surface area (Å²) in [6.07, 6.45) is 0.897. The summed E-state index contributed by atoms with van der Waals surface area (Å²) in [5.74, 6) is 0.105. The van der Waals surface area contributed by atoms with Crippen molar-refractivity contribution in [2.24, 2.45) is 0 Å². The maximum Gasteiger partial charge on any atom is 0.250 e. The van der Waals surface area contributed by atoms with Crippen LogP contribution < -0.4 is 20.7 Å². The highest BCUT2D eigenvalue weighted by Gasteiger charge is 2.40. The van der Waals surface area contributed by atoms with Crippen LogP contribution in [0.4, 0.5) is 0 Å². The molecule has 46 heavy (non-hydrogen) atoms. The van der Waals surface area contributed by atoms with E-state index in [1.165, 1.54) is 6.07 Å². The van der Waals surface area contributed by atoms with Crippen molar-refractivity contribution in [3.63, 3.8) is 0 Å². The van der Waals surface area contributed by atoms with Gasteiger partial charge in [0.2, 0.25) is 37.1 Å². The Kier molecular flexibility index (Phi) is 15.0. The SMILES string of the molecule is CC(C)(C)[Si](C)(C)OCc1cc(=O)c(O[Si](C)(C)C(C)(C)C)c(Br)o1.O=c1cc(CO)oc(Br)c1O.O=c1cc(CO)occ1O. The first kappa shape index (κ1) is 41.5. The van der Waals surface area contributed by atoms with Gasteiger partial charge in [-0.1, -0.05) is 41.5 Å². The zero-order valence-electron chi connectivity index (χ0n) is 27.7. The lowest BCUT2D eigenvalue weighted by molar-refractivity contribution is 0.237. The lowest BCUT2D eigenvalue weighted by Crippen LogP contribution is -2.45. The summed E-state index contributed by atoms with van der Waals surface area (Å²) in [5.41, 5.74) is -1.29. The van der Waals surface area contributed by atoms with E-state index < -0.39 is 39.0 Å². The van der Waals surface area contributed by atoms with Crippen LogP contribution in [0.15, 0.2) is 61.4 Å². The topological polar surface area (TPSA) is 190 Å². The highest BCUT2D eigenvalue weighted by atomic mass is 79.9. The molecule has 0 unspecified atom stereocenters. The van der Waals surface area contributed by atoms with Gasteiger partial charge in [-0.3, -0.25) is 14.4 Å². The summed E-state index contributed by atoms with van der Waals surface area (Å²) in [6, 6.07) is 3.55. The number of hydrogen-bond acceptors (Lipinski definition) is 12. The van der Waals surface area contributed by atoms with Gasteiger partial charge in [-0.2, -0.15) is 0 Å². The Morgan fingerprint density at radius 1 is 0.717 bits per heavy atom. The molecule has 0 saturated carbocycles. The van der Waals surface area contributed by atoms with E-state index >= 15 is 0 Å². The van der Waals surface area contributed by atoms with Crippen molar-refractivity contribution >= 4 is 48.5 Å². The fraction of sp³-hybridized carbons (Fsp3) is 0.500. The van der Waals surface area contributed by atoms with Crippen LogP contribution >= 0.6 is 31.9 Å². The molecule has 3 aromatic rings. The van der Waals surface area contributed by atoms with Crippen LogP contribution in [-0.2, 0) is 24.2 Å². The molecular weight excluding hydrogens is 768 g/mol. The fourth-order valence-electron chi connectivity index (χ4n) is 2.65. The van der Waals surface area contributed by atoms with Gasteiger partial charge in [0.15, 0.2) is 14.1 Å². The average molecular weight is 813 g/mol. The average Bonchev–Trinajstić information content (AvgIpc) is 2.93. The third-order valence-corrected chi connectivity index (χ3v) is 17.4. The first-order valence-electron chi connectivity index (χ1n) is 14.1. The van der Waals surface area contributed by atoms with Crippen molar-refractivity contribution in [2.75, 3.05) is 0 Å². The van der Waals surface area contributed by atoms with Gasteiger partial charge in [-0.15, -0.1) is 0 Å². The summed E-state index contributed by atoms with van der Waals surface area (Å²) in [7, 11) is -4.01. The zero-order valence-corrected chi connectivity index (χ0v) is 32.9. The Morgan fingerprint density at radius 3 is 1.63 bits per heavy atom. The van der Waals surface area contributed by atoms with Crippen LogP contribution in [0.3, 0.4) is 0 Å². The summed E-state index contributed by atoms with van der Waals surface area (Å²) >= 11 is 6.17. The van der Waals surface area contributed by atoms with E-state index in [1.807, 2.05) is 0 Å². The molecule has 0 aliphatic carbocycles. The molecule has 258 valence electrons. The Labute approximate surface area is 286 Å². The summed E-state index contributed by atoms with van der Waals surface area (Å²) < 4.78 is 27.7. The number of aliphatic hydroxyl groups is 2. The van der Waals surface area contributed by atoms with Gasteiger partial charge >= 0.3 is 0 Å². The monoisotopic (exact) mass is 810 g/mol. The van der Waals surface area contributed by atoms with Crippen LogP contribution in [0.1, 0.15) is 58.8 Å². The number of rotatable bonds is 7. The van der Waals surface area contributed by atoms with Gasteiger partial charge < -0.3 is 42.5 Å². The molecule has 0 aliphatic rings. The molecule has 0 fully saturated rings. The molecule has 0 atom stereocenters. The molecule has 3 rings (SSSR count). The Balaban J connectivity index is 0.000000410. The van der Waals surface area contributed by atoms with Crippen molar-refractivity contribution < 1.29 is 42.5 Å². The van der Waals surface area contributed by atoms with E-state index in [9.17, 15) is 14.4 Å². The third-order valence-electron chi connectivity index (χ3n) is 7.57. The highest BCUT2D eigenvalue weighted by Crippen LogP contribution is 2.39. The molecule has 16 heteroatoms. The lowest BCUT2D eigenvalue weighted by Gasteiger charge is -2.36. The minimum Gasteiger partial charge on any atom is -0.538 e. The van der Waals surface area contributed by atoms with E-state index in [2.05, 4.69) is 104 Å². The van der Waals surface area contributed by atoms with E-state index in [4.69, 9.17) is 38.1 Å². The summed E-state index contributed by atoms with van der Waals surface area (Å²) in [4.78, 5) is 33.9. The van der Waals surface area contributed by atoms with E-state index in [0.29, 0.717) is 17.0 Å². The molecule has 3 heterocycles. The Bertz CT molecular complexity index is 1630. The lowest BCUT2D eigenvalue weighted by atomic mass is 10.2. The van der Waals surface area contributed by atoms with Gasteiger partial charge in [0, 0.05) is 18.2 Å². The smallest absolute Gasteiger partial charge is 0.250 e. The normalized spacial score (nSPS) is 12.0. The molecule has 0 amide bonds. The largest absolute Gasteiger partial charge is 0.538 e. The molecule has 0 saturated heterocycles. The third kappa shape index (κ3) is 12.0. The number of hydrogen-bond donors (Lipinski definition) is 4. The quantitative estimate of drug-likeness (QED) is 0.184. The molecule has 0 aliphatic heterocycles. The van der Waals surface area contributed by atoms with Crippen LogP contribution in [-0.4, -0.2) is 37.1 Å². The minimum atomic E-state index is -2.11. The summed E-state index contributed by atoms with van der Waals surface area (Å²) in [5, 5.41) is 34.6. The number of aromatic hydroxyl groups is 2. The van der Waals surface area contributed by atoms with Gasteiger partial charge in [0.05, 0.1) is 6.61 Å².